The SMILES string of the molecule is CCc1nc(Cl)nc2c1N(C)C(=O)C1CCCN21. The number of likely N-dealkylation sites (N-methyl/N-ethyl adjacent to an activating group) is 1. The van der Waals surface area contributed by atoms with Crippen molar-refractivity contribution in [1.29, 1.82) is 0 Å². The van der Waals surface area contributed by atoms with E-state index in [-0.39, 0.29) is 17.2 Å². The zero-order chi connectivity index (χ0) is 12.9. The minimum Gasteiger partial charge on any atom is -0.343 e. The minimum atomic E-state index is -0.0711. The summed E-state index contributed by atoms with van der Waals surface area (Å²) in [5.41, 5.74) is 1.66. The molecule has 1 aromatic rings. The molecule has 18 heavy (non-hydrogen) atoms. The van der Waals surface area contributed by atoms with Crippen LogP contribution in [0.15, 0.2) is 0 Å². The molecule has 1 atom stereocenters. The molecule has 3 rings (SSSR count). The van der Waals surface area contributed by atoms with Gasteiger partial charge in [0.15, 0.2) is 5.82 Å². The number of anilines is 2. The van der Waals surface area contributed by atoms with E-state index in [9.17, 15) is 4.79 Å². The Balaban J connectivity index is 2.22. The average Bonchev–Trinajstić information content (AvgIpc) is 2.84. The normalized spacial score (nSPS) is 22.2. The molecule has 96 valence electrons. The summed E-state index contributed by atoms with van der Waals surface area (Å²) < 4.78 is 0. The number of fused-ring (bicyclic) bond motifs is 3. The van der Waals surface area contributed by atoms with Gasteiger partial charge in [0, 0.05) is 13.6 Å². The van der Waals surface area contributed by atoms with Gasteiger partial charge in [-0.3, -0.25) is 4.79 Å². The van der Waals surface area contributed by atoms with E-state index in [1.54, 1.807) is 11.9 Å². The molecule has 0 aromatic carbocycles. The van der Waals surface area contributed by atoms with Crippen molar-refractivity contribution in [2.45, 2.75) is 32.2 Å². The Morgan fingerprint density at radius 1 is 1.44 bits per heavy atom. The second kappa shape index (κ2) is 4.09. The van der Waals surface area contributed by atoms with Crippen LogP contribution in [0.1, 0.15) is 25.5 Å². The first kappa shape index (κ1) is 11.7. The topological polar surface area (TPSA) is 49.3 Å². The van der Waals surface area contributed by atoms with Crippen molar-refractivity contribution < 1.29 is 4.79 Å². The summed E-state index contributed by atoms with van der Waals surface area (Å²) >= 11 is 5.98. The predicted octanol–water partition coefficient (Wildman–Crippen LogP) is 1.64. The number of aromatic nitrogens is 2. The lowest BCUT2D eigenvalue weighted by molar-refractivity contribution is -0.119. The smallest absolute Gasteiger partial charge is 0.249 e. The molecule has 2 aliphatic heterocycles. The van der Waals surface area contributed by atoms with Crippen LogP contribution in [0.2, 0.25) is 5.28 Å². The Hall–Kier alpha value is -1.36. The van der Waals surface area contributed by atoms with Crippen LogP contribution >= 0.6 is 11.6 Å². The van der Waals surface area contributed by atoms with Crippen molar-refractivity contribution in [3.05, 3.63) is 11.0 Å². The summed E-state index contributed by atoms with van der Waals surface area (Å²) in [7, 11) is 1.80. The second-order valence-corrected chi connectivity index (χ2v) is 5.05. The highest BCUT2D eigenvalue weighted by Crippen LogP contribution is 2.40. The fourth-order valence-corrected chi connectivity index (χ4v) is 3.04. The molecule has 0 spiro atoms. The second-order valence-electron chi connectivity index (χ2n) is 4.71. The summed E-state index contributed by atoms with van der Waals surface area (Å²) in [6, 6.07) is -0.0711. The third-order valence-electron chi connectivity index (χ3n) is 3.72. The van der Waals surface area contributed by atoms with Gasteiger partial charge in [-0.15, -0.1) is 0 Å². The van der Waals surface area contributed by atoms with Crippen LogP contribution in [-0.2, 0) is 11.2 Å². The Bertz CT molecular complexity index is 519. The van der Waals surface area contributed by atoms with Gasteiger partial charge >= 0.3 is 0 Å². The van der Waals surface area contributed by atoms with Gasteiger partial charge in [0.2, 0.25) is 11.2 Å². The number of nitrogens with zero attached hydrogens (tertiary/aromatic N) is 4. The van der Waals surface area contributed by atoms with E-state index in [2.05, 4.69) is 14.9 Å². The third kappa shape index (κ3) is 1.50. The Morgan fingerprint density at radius 2 is 2.22 bits per heavy atom. The lowest BCUT2D eigenvalue weighted by Crippen LogP contribution is -2.50. The van der Waals surface area contributed by atoms with Crippen LogP contribution in [0.3, 0.4) is 0 Å². The molecule has 5 nitrogen and oxygen atoms in total. The zero-order valence-corrected chi connectivity index (χ0v) is 11.2. The molecule has 0 N–H and O–H groups in total. The Morgan fingerprint density at radius 3 is 2.94 bits per heavy atom. The van der Waals surface area contributed by atoms with Crippen LogP contribution in [0, 0.1) is 0 Å². The van der Waals surface area contributed by atoms with Crippen molar-refractivity contribution in [1.82, 2.24) is 9.97 Å². The van der Waals surface area contributed by atoms with Crippen LogP contribution in [0.5, 0.6) is 0 Å². The molecule has 1 aromatic heterocycles. The fourth-order valence-electron chi connectivity index (χ4n) is 2.86. The quantitative estimate of drug-likeness (QED) is 0.725. The van der Waals surface area contributed by atoms with E-state index in [1.165, 1.54) is 0 Å². The maximum Gasteiger partial charge on any atom is 0.249 e. The molecule has 0 radical (unpaired) electrons. The summed E-state index contributed by atoms with van der Waals surface area (Å²) in [5, 5.41) is 0.263. The number of hydrogen-bond acceptors (Lipinski definition) is 4. The summed E-state index contributed by atoms with van der Waals surface area (Å²) in [6.07, 6.45) is 2.65. The van der Waals surface area contributed by atoms with Crippen molar-refractivity contribution in [3.8, 4) is 0 Å². The monoisotopic (exact) mass is 266 g/mol. The van der Waals surface area contributed by atoms with Crippen LogP contribution < -0.4 is 9.80 Å². The molecular formula is C12H15ClN4O. The highest BCUT2D eigenvalue weighted by atomic mass is 35.5. The van der Waals surface area contributed by atoms with E-state index < -0.39 is 0 Å². The zero-order valence-electron chi connectivity index (χ0n) is 10.5. The van der Waals surface area contributed by atoms with E-state index in [0.29, 0.717) is 0 Å². The molecule has 2 aliphatic rings. The molecule has 1 fully saturated rings. The molecular weight excluding hydrogens is 252 g/mol. The van der Waals surface area contributed by atoms with Gasteiger partial charge in [0.25, 0.3) is 0 Å². The summed E-state index contributed by atoms with van der Waals surface area (Å²) in [4.78, 5) is 24.7. The fraction of sp³-hybridized carbons (Fsp3) is 0.583. The molecule has 0 saturated carbocycles. The standard InChI is InChI=1S/C12H15ClN4O/c1-3-7-9-10(15-12(13)14-7)17-6-4-5-8(17)11(18)16(9)2/h8H,3-6H2,1-2H3. The first-order valence-electron chi connectivity index (χ1n) is 6.24. The van der Waals surface area contributed by atoms with Crippen molar-refractivity contribution in [2.75, 3.05) is 23.4 Å². The first-order valence-corrected chi connectivity index (χ1v) is 6.62. The van der Waals surface area contributed by atoms with E-state index in [4.69, 9.17) is 11.6 Å². The molecule has 1 unspecified atom stereocenters. The van der Waals surface area contributed by atoms with Gasteiger partial charge in [0.05, 0.1) is 5.69 Å². The van der Waals surface area contributed by atoms with Gasteiger partial charge in [-0.25, -0.2) is 4.98 Å². The van der Waals surface area contributed by atoms with E-state index in [0.717, 1.165) is 43.0 Å². The van der Waals surface area contributed by atoms with Crippen molar-refractivity contribution in [3.63, 3.8) is 0 Å². The van der Waals surface area contributed by atoms with Crippen molar-refractivity contribution >= 4 is 29.0 Å². The predicted molar refractivity (Wildman–Crippen MR) is 70.2 cm³/mol. The largest absolute Gasteiger partial charge is 0.343 e. The van der Waals surface area contributed by atoms with Gasteiger partial charge in [0.1, 0.15) is 11.7 Å². The Labute approximate surface area is 111 Å². The van der Waals surface area contributed by atoms with E-state index >= 15 is 0 Å². The van der Waals surface area contributed by atoms with Gasteiger partial charge in [-0.1, -0.05) is 6.92 Å². The number of rotatable bonds is 1. The number of amides is 1. The summed E-state index contributed by atoms with van der Waals surface area (Å²) in [5.74, 6) is 0.956. The van der Waals surface area contributed by atoms with Crippen LogP contribution in [0.25, 0.3) is 0 Å². The molecule has 0 bridgehead atoms. The number of halogens is 1. The maximum absolute atomic E-state index is 12.3. The number of carbonyl (C=O) groups is 1. The average molecular weight is 267 g/mol. The molecule has 3 heterocycles. The van der Waals surface area contributed by atoms with Gasteiger partial charge in [-0.05, 0) is 30.9 Å². The number of aryl methyl sites for hydroxylation is 1. The lowest BCUT2D eigenvalue weighted by Gasteiger charge is -2.37. The first-order chi connectivity index (χ1) is 8.63. The molecule has 6 heteroatoms. The number of carbonyl (C=O) groups excluding carboxylic acids is 1. The highest BCUT2D eigenvalue weighted by molar-refractivity contribution is 6.28. The highest BCUT2D eigenvalue weighted by Gasteiger charge is 2.41. The lowest BCUT2D eigenvalue weighted by atomic mass is 10.1. The molecule has 0 aliphatic carbocycles. The molecule has 1 saturated heterocycles. The van der Waals surface area contributed by atoms with Crippen LogP contribution in [-0.4, -0.2) is 35.5 Å². The Kier molecular flexibility index (Phi) is 2.66. The van der Waals surface area contributed by atoms with E-state index in [1.807, 2.05) is 6.92 Å². The van der Waals surface area contributed by atoms with Crippen molar-refractivity contribution in [2.24, 2.45) is 0 Å². The van der Waals surface area contributed by atoms with Crippen LogP contribution in [0.4, 0.5) is 11.5 Å². The number of hydrogen-bond donors (Lipinski definition) is 0. The third-order valence-corrected chi connectivity index (χ3v) is 3.89. The molecule has 1 amide bonds. The minimum absolute atomic E-state index is 0.0711. The van der Waals surface area contributed by atoms with Gasteiger partial charge in [-0.2, -0.15) is 4.98 Å². The maximum atomic E-state index is 12.3. The van der Waals surface area contributed by atoms with Gasteiger partial charge < -0.3 is 9.80 Å². The summed E-state index contributed by atoms with van der Waals surface area (Å²) in [6.45, 7) is 2.88.